The van der Waals surface area contributed by atoms with Crippen LogP contribution in [-0.2, 0) is 4.79 Å². The lowest BCUT2D eigenvalue weighted by Gasteiger charge is -2.58. The average molecular weight is 390 g/mol. The van der Waals surface area contributed by atoms with Crippen molar-refractivity contribution in [3.05, 3.63) is 59.2 Å². The van der Waals surface area contributed by atoms with E-state index in [0.29, 0.717) is 24.0 Å². The lowest BCUT2D eigenvalue weighted by molar-refractivity contribution is -0.116. The number of aromatic nitrogens is 1. The van der Waals surface area contributed by atoms with E-state index < -0.39 is 0 Å². The van der Waals surface area contributed by atoms with Gasteiger partial charge in [-0.1, -0.05) is 37.1 Å². The van der Waals surface area contributed by atoms with Crippen LogP contribution in [0.15, 0.2) is 47.8 Å². The molecule has 4 atom stereocenters. The van der Waals surface area contributed by atoms with E-state index >= 15 is 0 Å². The first-order chi connectivity index (χ1) is 13.9. The highest BCUT2D eigenvalue weighted by atomic mass is 19.1. The fraction of sp³-hybridized carbons (Fsp3) is 0.538. The smallest absolute Gasteiger partial charge is 0.155 e. The van der Waals surface area contributed by atoms with Crippen molar-refractivity contribution in [2.45, 2.75) is 58.8 Å². The Morgan fingerprint density at radius 3 is 2.69 bits per heavy atom. The zero-order valence-corrected chi connectivity index (χ0v) is 17.3. The van der Waals surface area contributed by atoms with Crippen LogP contribution in [0.2, 0.25) is 0 Å². The summed E-state index contributed by atoms with van der Waals surface area (Å²) >= 11 is 0. The van der Waals surface area contributed by atoms with Crippen molar-refractivity contribution < 1.29 is 9.18 Å². The number of ketones is 1. The molecular weight excluding hydrogens is 361 g/mol. The quantitative estimate of drug-likeness (QED) is 0.585. The zero-order chi connectivity index (χ0) is 20.0. The Labute approximate surface area is 172 Å². The van der Waals surface area contributed by atoms with E-state index in [1.54, 1.807) is 17.8 Å². The molecule has 0 bridgehead atoms. The van der Waals surface area contributed by atoms with Crippen molar-refractivity contribution in [1.29, 1.82) is 0 Å². The molecule has 1 spiro atoms. The van der Waals surface area contributed by atoms with Gasteiger partial charge in [0.25, 0.3) is 0 Å². The Kier molecular flexibility index (Phi) is 3.41. The Balaban J connectivity index is 1.40. The van der Waals surface area contributed by atoms with Crippen molar-refractivity contribution in [1.82, 2.24) is 4.98 Å². The Hall–Kier alpha value is -2.03. The zero-order valence-electron chi connectivity index (χ0n) is 17.3. The monoisotopic (exact) mass is 389 g/mol. The van der Waals surface area contributed by atoms with Crippen LogP contribution in [0.5, 0.6) is 0 Å². The fourth-order valence-electron chi connectivity index (χ4n) is 7.57. The molecule has 0 amide bonds. The summed E-state index contributed by atoms with van der Waals surface area (Å²) in [5.41, 5.74) is 5.61. The van der Waals surface area contributed by atoms with E-state index in [-0.39, 0.29) is 22.1 Å². The van der Waals surface area contributed by atoms with Crippen molar-refractivity contribution in [2.24, 2.45) is 28.1 Å². The molecule has 5 aliphatic rings. The molecule has 3 heteroatoms. The van der Waals surface area contributed by atoms with Gasteiger partial charge in [0.05, 0.1) is 6.20 Å². The molecule has 3 fully saturated rings. The first kappa shape index (κ1) is 17.8. The Bertz CT molecular complexity index is 1030. The third-order valence-electron chi connectivity index (χ3n) is 9.18. The maximum atomic E-state index is 13.9. The molecule has 4 unspecified atom stereocenters. The van der Waals surface area contributed by atoms with Gasteiger partial charge in [-0.3, -0.25) is 9.78 Å². The summed E-state index contributed by atoms with van der Waals surface area (Å²) in [6, 6.07) is 1.63. The van der Waals surface area contributed by atoms with Gasteiger partial charge in [-0.25, -0.2) is 4.39 Å². The second-order valence-corrected chi connectivity index (χ2v) is 10.6. The van der Waals surface area contributed by atoms with E-state index in [9.17, 15) is 9.18 Å². The van der Waals surface area contributed by atoms with E-state index in [2.05, 4.69) is 31.0 Å². The molecule has 29 heavy (non-hydrogen) atoms. The van der Waals surface area contributed by atoms with Gasteiger partial charge in [0, 0.05) is 18.0 Å². The van der Waals surface area contributed by atoms with Crippen LogP contribution in [0, 0.1) is 33.9 Å². The normalized spacial score (nSPS) is 39.1. The molecule has 0 N–H and O–H groups in total. The van der Waals surface area contributed by atoms with Crippen LogP contribution in [0.25, 0.3) is 5.57 Å². The maximum absolute atomic E-state index is 13.9. The van der Waals surface area contributed by atoms with Crippen LogP contribution in [0.1, 0.15) is 64.4 Å². The van der Waals surface area contributed by atoms with E-state index in [1.165, 1.54) is 43.0 Å². The molecule has 0 saturated heterocycles. The molecule has 6 rings (SSSR count). The molecule has 2 nitrogen and oxygen atoms in total. The van der Waals surface area contributed by atoms with Crippen LogP contribution in [0.3, 0.4) is 0 Å². The molecule has 0 aliphatic heterocycles. The van der Waals surface area contributed by atoms with Crippen molar-refractivity contribution in [3.63, 3.8) is 0 Å². The topological polar surface area (TPSA) is 30.0 Å². The standard InChI is InChI=1S/C26H28FNO/c1-24-8-6-22-19(21(24)4-3-20(24)16-11-17(27)15-28-14-16)13-26(9-10-26)23-12-18(29)5-7-25(22,23)2/h3-4,11-12,14-15,19,22H,5-10,13H2,1-2H3. The van der Waals surface area contributed by atoms with Gasteiger partial charge in [-0.2, -0.15) is 0 Å². The van der Waals surface area contributed by atoms with Crippen LogP contribution >= 0.6 is 0 Å². The third-order valence-corrected chi connectivity index (χ3v) is 9.18. The number of hydrogen-bond acceptors (Lipinski definition) is 2. The summed E-state index contributed by atoms with van der Waals surface area (Å²) in [6.07, 6.45) is 17.4. The minimum atomic E-state index is -0.266. The second kappa shape index (κ2) is 5.56. The van der Waals surface area contributed by atoms with Gasteiger partial charge in [0.2, 0.25) is 0 Å². The minimum absolute atomic E-state index is 0.0191. The number of fused-ring (bicyclic) bond motifs is 6. The molecule has 1 heterocycles. The Morgan fingerprint density at radius 2 is 1.93 bits per heavy atom. The summed E-state index contributed by atoms with van der Waals surface area (Å²) in [4.78, 5) is 16.4. The molecule has 1 aromatic rings. The Morgan fingerprint density at radius 1 is 1.10 bits per heavy atom. The van der Waals surface area contributed by atoms with Crippen LogP contribution in [0.4, 0.5) is 4.39 Å². The molecule has 0 aromatic carbocycles. The van der Waals surface area contributed by atoms with Crippen molar-refractivity contribution in [2.75, 3.05) is 0 Å². The first-order valence-electron chi connectivity index (χ1n) is 11.2. The SMILES string of the molecule is CC12CCC3C(CC4(CC4)C4=CC(=O)CCC43C)C1=CC=C2c1cncc(F)c1. The third kappa shape index (κ3) is 2.28. The predicted molar refractivity (Wildman–Crippen MR) is 111 cm³/mol. The number of hydrogen-bond donors (Lipinski definition) is 0. The number of halogens is 1. The highest BCUT2D eigenvalue weighted by Gasteiger charge is 2.64. The molecule has 150 valence electrons. The summed E-state index contributed by atoms with van der Waals surface area (Å²) < 4.78 is 13.9. The van der Waals surface area contributed by atoms with Gasteiger partial charge in [0.15, 0.2) is 5.78 Å². The summed E-state index contributed by atoms with van der Waals surface area (Å²) in [5, 5.41) is 0. The molecule has 3 saturated carbocycles. The van der Waals surface area contributed by atoms with Gasteiger partial charge in [-0.15, -0.1) is 0 Å². The summed E-state index contributed by atoms with van der Waals surface area (Å²) in [7, 11) is 0. The van der Waals surface area contributed by atoms with Crippen molar-refractivity contribution in [3.8, 4) is 0 Å². The van der Waals surface area contributed by atoms with Gasteiger partial charge >= 0.3 is 0 Å². The molecular formula is C26H28FNO. The molecule has 1 aromatic heterocycles. The average Bonchev–Trinajstić information content (AvgIpc) is 3.36. The highest BCUT2D eigenvalue weighted by Crippen LogP contribution is 2.74. The first-order valence-corrected chi connectivity index (χ1v) is 11.2. The number of allylic oxidation sites excluding steroid dienone is 6. The molecule has 5 aliphatic carbocycles. The fourth-order valence-corrected chi connectivity index (χ4v) is 7.57. The summed E-state index contributed by atoms with van der Waals surface area (Å²) in [6.45, 7) is 4.81. The van der Waals surface area contributed by atoms with Gasteiger partial charge < -0.3 is 0 Å². The highest BCUT2D eigenvalue weighted by molar-refractivity contribution is 5.92. The van der Waals surface area contributed by atoms with Crippen LogP contribution in [-0.4, -0.2) is 10.8 Å². The van der Waals surface area contributed by atoms with Crippen LogP contribution < -0.4 is 0 Å². The number of pyridine rings is 1. The second-order valence-electron chi connectivity index (χ2n) is 10.6. The number of rotatable bonds is 1. The predicted octanol–water partition coefficient (Wildman–Crippen LogP) is 6.06. The van der Waals surface area contributed by atoms with E-state index in [4.69, 9.17) is 0 Å². The van der Waals surface area contributed by atoms with E-state index in [1.807, 2.05) is 6.08 Å². The summed E-state index contributed by atoms with van der Waals surface area (Å²) in [5.74, 6) is 1.26. The van der Waals surface area contributed by atoms with E-state index in [0.717, 1.165) is 18.4 Å². The number of nitrogens with zero attached hydrogens (tertiary/aromatic N) is 1. The number of carbonyl (C=O) groups excluding carboxylic acids is 1. The number of carbonyl (C=O) groups is 1. The van der Waals surface area contributed by atoms with Gasteiger partial charge in [0.1, 0.15) is 5.82 Å². The lowest BCUT2D eigenvalue weighted by atomic mass is 9.45. The van der Waals surface area contributed by atoms with Gasteiger partial charge in [-0.05, 0) is 84.5 Å². The lowest BCUT2D eigenvalue weighted by Crippen LogP contribution is -2.50. The molecule has 0 radical (unpaired) electrons. The van der Waals surface area contributed by atoms with Crippen molar-refractivity contribution >= 4 is 11.4 Å². The maximum Gasteiger partial charge on any atom is 0.155 e. The minimum Gasteiger partial charge on any atom is -0.295 e. The largest absolute Gasteiger partial charge is 0.295 e.